The number of hydrogen-bond donors (Lipinski definition) is 1. The molecule has 0 saturated carbocycles. The van der Waals surface area contributed by atoms with E-state index in [4.69, 9.17) is 25.8 Å². The zero-order valence-corrected chi connectivity index (χ0v) is 15.9. The summed E-state index contributed by atoms with van der Waals surface area (Å²) in [4.78, 5) is 12.2. The van der Waals surface area contributed by atoms with Gasteiger partial charge in [-0.1, -0.05) is 31.5 Å². The third kappa shape index (κ3) is 4.22. The fourth-order valence-corrected chi connectivity index (χ4v) is 3.08. The first-order valence-electron chi connectivity index (χ1n) is 8.56. The molecule has 1 amide bonds. The van der Waals surface area contributed by atoms with E-state index >= 15 is 0 Å². The first kappa shape index (κ1) is 18.4. The Morgan fingerprint density at radius 3 is 2.54 bits per heavy atom. The molecular weight excluding hydrogens is 354 g/mol. The smallest absolute Gasteiger partial charge is 0.262 e. The maximum absolute atomic E-state index is 12.2. The van der Waals surface area contributed by atoms with Crippen molar-refractivity contribution in [2.24, 2.45) is 0 Å². The molecular formula is C20H22ClNO4. The van der Waals surface area contributed by atoms with E-state index in [0.29, 0.717) is 47.1 Å². The Balaban J connectivity index is 1.62. The van der Waals surface area contributed by atoms with E-state index in [1.54, 1.807) is 12.1 Å². The van der Waals surface area contributed by atoms with Gasteiger partial charge < -0.3 is 19.5 Å². The SMILES string of the molecule is Cc1cc(OCC(=O)Nc2cc3c(cc2Cl)OCCO3)ccc1C(C)C. The molecule has 3 rings (SSSR count). The number of nitrogens with one attached hydrogen (secondary N) is 1. The fourth-order valence-electron chi connectivity index (χ4n) is 2.88. The highest BCUT2D eigenvalue weighted by atomic mass is 35.5. The topological polar surface area (TPSA) is 56.8 Å². The Bertz CT molecular complexity index is 820. The van der Waals surface area contributed by atoms with Crippen molar-refractivity contribution in [3.63, 3.8) is 0 Å². The van der Waals surface area contributed by atoms with Crippen LogP contribution in [0.25, 0.3) is 0 Å². The minimum absolute atomic E-state index is 0.106. The van der Waals surface area contributed by atoms with Gasteiger partial charge in [-0.3, -0.25) is 4.79 Å². The molecule has 26 heavy (non-hydrogen) atoms. The minimum atomic E-state index is -0.297. The number of amides is 1. The third-order valence-corrected chi connectivity index (χ3v) is 4.45. The second-order valence-corrected chi connectivity index (χ2v) is 6.89. The molecule has 2 aromatic rings. The number of rotatable bonds is 5. The summed E-state index contributed by atoms with van der Waals surface area (Å²) in [6.07, 6.45) is 0. The molecule has 5 nitrogen and oxygen atoms in total. The molecule has 1 aliphatic heterocycles. The summed E-state index contributed by atoms with van der Waals surface area (Å²) < 4.78 is 16.6. The van der Waals surface area contributed by atoms with Crippen molar-refractivity contribution in [2.45, 2.75) is 26.7 Å². The van der Waals surface area contributed by atoms with Gasteiger partial charge in [0.15, 0.2) is 18.1 Å². The molecule has 0 aromatic heterocycles. The first-order chi connectivity index (χ1) is 12.4. The number of ether oxygens (including phenoxy) is 3. The van der Waals surface area contributed by atoms with Crippen LogP contribution in [-0.4, -0.2) is 25.7 Å². The Morgan fingerprint density at radius 1 is 1.19 bits per heavy atom. The van der Waals surface area contributed by atoms with Crippen LogP contribution in [0.5, 0.6) is 17.2 Å². The Kier molecular flexibility index (Phi) is 5.57. The Hall–Kier alpha value is -2.40. The van der Waals surface area contributed by atoms with Gasteiger partial charge >= 0.3 is 0 Å². The van der Waals surface area contributed by atoms with Crippen LogP contribution < -0.4 is 19.5 Å². The van der Waals surface area contributed by atoms with Gasteiger partial charge in [0.1, 0.15) is 19.0 Å². The molecule has 6 heteroatoms. The molecule has 0 fully saturated rings. The molecule has 138 valence electrons. The summed E-state index contributed by atoms with van der Waals surface area (Å²) in [6, 6.07) is 9.16. The standard InChI is InChI=1S/C20H22ClNO4/c1-12(2)15-5-4-14(8-13(15)3)26-11-20(23)22-17-10-19-18(9-16(17)21)24-6-7-25-19/h4-5,8-10,12H,6-7,11H2,1-3H3,(H,22,23). The molecule has 0 aliphatic carbocycles. The minimum Gasteiger partial charge on any atom is -0.486 e. The average molecular weight is 376 g/mol. The molecule has 0 atom stereocenters. The quantitative estimate of drug-likeness (QED) is 0.832. The summed E-state index contributed by atoms with van der Waals surface area (Å²) >= 11 is 6.20. The maximum Gasteiger partial charge on any atom is 0.262 e. The lowest BCUT2D eigenvalue weighted by atomic mass is 9.98. The largest absolute Gasteiger partial charge is 0.486 e. The van der Waals surface area contributed by atoms with Crippen LogP contribution in [0.1, 0.15) is 30.9 Å². The highest BCUT2D eigenvalue weighted by Gasteiger charge is 2.16. The highest BCUT2D eigenvalue weighted by molar-refractivity contribution is 6.34. The molecule has 1 N–H and O–H groups in total. The monoisotopic (exact) mass is 375 g/mol. The summed E-state index contributed by atoms with van der Waals surface area (Å²) in [7, 11) is 0. The number of anilines is 1. The van der Waals surface area contributed by atoms with Crippen molar-refractivity contribution < 1.29 is 19.0 Å². The van der Waals surface area contributed by atoms with Crippen LogP contribution >= 0.6 is 11.6 Å². The predicted molar refractivity (Wildman–Crippen MR) is 102 cm³/mol. The van der Waals surface area contributed by atoms with E-state index in [2.05, 4.69) is 19.2 Å². The maximum atomic E-state index is 12.2. The van der Waals surface area contributed by atoms with Gasteiger partial charge in [-0.15, -0.1) is 0 Å². The van der Waals surface area contributed by atoms with Gasteiger partial charge in [0.25, 0.3) is 5.91 Å². The summed E-state index contributed by atoms with van der Waals surface area (Å²) in [5.74, 6) is 1.96. The van der Waals surface area contributed by atoms with Gasteiger partial charge in [-0.25, -0.2) is 0 Å². The number of halogens is 1. The number of fused-ring (bicyclic) bond motifs is 1. The van der Waals surface area contributed by atoms with Crippen molar-refractivity contribution in [1.29, 1.82) is 0 Å². The van der Waals surface area contributed by atoms with E-state index in [1.807, 2.05) is 25.1 Å². The average Bonchev–Trinajstić information content (AvgIpc) is 2.60. The van der Waals surface area contributed by atoms with E-state index in [0.717, 1.165) is 5.56 Å². The fraction of sp³-hybridized carbons (Fsp3) is 0.350. The van der Waals surface area contributed by atoms with Crippen molar-refractivity contribution in [3.05, 3.63) is 46.5 Å². The van der Waals surface area contributed by atoms with Crippen molar-refractivity contribution in [3.8, 4) is 17.2 Å². The van der Waals surface area contributed by atoms with E-state index < -0.39 is 0 Å². The summed E-state index contributed by atoms with van der Waals surface area (Å²) in [6.45, 7) is 7.18. The van der Waals surface area contributed by atoms with Gasteiger partial charge in [0, 0.05) is 12.1 Å². The zero-order valence-electron chi connectivity index (χ0n) is 15.1. The Morgan fingerprint density at radius 2 is 1.88 bits per heavy atom. The van der Waals surface area contributed by atoms with Crippen LogP contribution in [0, 0.1) is 6.92 Å². The van der Waals surface area contributed by atoms with Gasteiger partial charge in [0.2, 0.25) is 0 Å². The molecule has 1 aliphatic rings. The molecule has 0 bridgehead atoms. The lowest BCUT2D eigenvalue weighted by molar-refractivity contribution is -0.118. The highest BCUT2D eigenvalue weighted by Crippen LogP contribution is 2.37. The van der Waals surface area contributed by atoms with Crippen molar-refractivity contribution in [2.75, 3.05) is 25.1 Å². The normalized spacial score (nSPS) is 12.8. The number of benzene rings is 2. The van der Waals surface area contributed by atoms with Crippen molar-refractivity contribution >= 4 is 23.2 Å². The van der Waals surface area contributed by atoms with Crippen molar-refractivity contribution in [1.82, 2.24) is 0 Å². The van der Waals surface area contributed by atoms with E-state index in [-0.39, 0.29) is 12.5 Å². The number of aryl methyl sites for hydroxylation is 1. The van der Waals surface area contributed by atoms with Crippen LogP contribution in [-0.2, 0) is 4.79 Å². The first-order valence-corrected chi connectivity index (χ1v) is 8.94. The zero-order chi connectivity index (χ0) is 18.7. The number of carbonyl (C=O) groups is 1. The van der Waals surface area contributed by atoms with Gasteiger partial charge in [-0.2, -0.15) is 0 Å². The third-order valence-electron chi connectivity index (χ3n) is 4.14. The second-order valence-electron chi connectivity index (χ2n) is 6.49. The van der Waals surface area contributed by atoms with Gasteiger partial charge in [0.05, 0.1) is 10.7 Å². The number of hydrogen-bond acceptors (Lipinski definition) is 4. The van der Waals surface area contributed by atoms with E-state index in [1.165, 1.54) is 5.56 Å². The summed E-state index contributed by atoms with van der Waals surface area (Å²) in [5.41, 5.74) is 2.88. The van der Waals surface area contributed by atoms with E-state index in [9.17, 15) is 4.79 Å². The molecule has 1 heterocycles. The van der Waals surface area contributed by atoms with Crippen LogP contribution in [0.2, 0.25) is 5.02 Å². The molecule has 0 radical (unpaired) electrons. The van der Waals surface area contributed by atoms with Crippen LogP contribution in [0.15, 0.2) is 30.3 Å². The molecule has 0 spiro atoms. The lowest BCUT2D eigenvalue weighted by Gasteiger charge is -2.20. The van der Waals surface area contributed by atoms with Gasteiger partial charge in [-0.05, 0) is 36.1 Å². The lowest BCUT2D eigenvalue weighted by Crippen LogP contribution is -2.21. The molecule has 0 saturated heterocycles. The molecule has 2 aromatic carbocycles. The molecule has 0 unspecified atom stereocenters. The van der Waals surface area contributed by atoms with Crippen LogP contribution in [0.3, 0.4) is 0 Å². The summed E-state index contributed by atoms with van der Waals surface area (Å²) in [5, 5.41) is 3.13. The second kappa shape index (κ2) is 7.87. The number of carbonyl (C=O) groups excluding carboxylic acids is 1. The predicted octanol–water partition coefficient (Wildman–Crippen LogP) is 4.56. The Labute approximate surface area is 158 Å². The van der Waals surface area contributed by atoms with Crippen LogP contribution in [0.4, 0.5) is 5.69 Å².